The van der Waals surface area contributed by atoms with Gasteiger partial charge in [-0.05, 0) is 38.3 Å². The number of aliphatic hydroxyl groups is 1. The molecule has 2 rings (SSSR count). The number of aromatic nitrogens is 2. The molecule has 1 aliphatic heterocycles. The Morgan fingerprint density at radius 2 is 2.38 bits per heavy atom. The van der Waals surface area contributed by atoms with Crippen molar-refractivity contribution in [3.8, 4) is 0 Å². The second-order valence-corrected chi connectivity index (χ2v) is 4.71. The van der Waals surface area contributed by atoms with Gasteiger partial charge in [0.2, 0.25) is 0 Å². The molecule has 0 bridgehead atoms. The van der Waals surface area contributed by atoms with E-state index in [0.29, 0.717) is 5.92 Å². The molecule has 4 nitrogen and oxygen atoms in total. The zero-order valence-corrected chi connectivity index (χ0v) is 9.92. The number of hydrogen-bond donors (Lipinski definition) is 1. The van der Waals surface area contributed by atoms with E-state index in [0.717, 1.165) is 32.6 Å². The molecule has 0 spiro atoms. The molecule has 0 aliphatic carbocycles. The van der Waals surface area contributed by atoms with E-state index in [1.807, 2.05) is 30.1 Å². The predicted octanol–water partition coefficient (Wildman–Crippen LogP) is 0.976. The lowest BCUT2D eigenvalue weighted by Crippen LogP contribution is -2.40. The van der Waals surface area contributed by atoms with Gasteiger partial charge in [-0.2, -0.15) is 5.10 Å². The van der Waals surface area contributed by atoms with Crippen molar-refractivity contribution in [1.82, 2.24) is 14.7 Å². The summed E-state index contributed by atoms with van der Waals surface area (Å²) in [5, 5.41) is 13.8. The molecule has 0 radical (unpaired) electrons. The van der Waals surface area contributed by atoms with Crippen LogP contribution in [0.2, 0.25) is 0 Å². The molecule has 0 amide bonds. The van der Waals surface area contributed by atoms with E-state index < -0.39 is 0 Å². The van der Waals surface area contributed by atoms with Gasteiger partial charge < -0.3 is 10.0 Å². The molecule has 1 N–H and O–H groups in total. The fourth-order valence-electron chi connectivity index (χ4n) is 2.36. The number of aliphatic hydroxyl groups excluding tert-OH is 1. The van der Waals surface area contributed by atoms with E-state index in [4.69, 9.17) is 0 Å². The smallest absolute Gasteiger partial charge is 0.0552 e. The molecule has 90 valence electrons. The third-order valence-corrected chi connectivity index (χ3v) is 3.43. The molecule has 0 saturated carbocycles. The Labute approximate surface area is 96.9 Å². The largest absolute Gasteiger partial charge is 0.393 e. The van der Waals surface area contributed by atoms with Crippen molar-refractivity contribution in [3.63, 3.8) is 0 Å². The molecule has 1 aromatic rings. The van der Waals surface area contributed by atoms with Crippen LogP contribution in [0.25, 0.3) is 0 Å². The van der Waals surface area contributed by atoms with Gasteiger partial charge in [0, 0.05) is 25.5 Å². The fraction of sp³-hybridized carbons (Fsp3) is 0.750. The molecule has 2 heterocycles. The van der Waals surface area contributed by atoms with Crippen LogP contribution in [0.3, 0.4) is 0 Å². The number of piperidine rings is 1. The normalized spacial score (nSPS) is 24.5. The molecule has 4 heteroatoms. The number of hydrogen-bond acceptors (Lipinski definition) is 3. The van der Waals surface area contributed by atoms with Crippen LogP contribution >= 0.6 is 0 Å². The predicted molar refractivity (Wildman–Crippen MR) is 63.1 cm³/mol. The van der Waals surface area contributed by atoms with Gasteiger partial charge >= 0.3 is 0 Å². The van der Waals surface area contributed by atoms with Crippen LogP contribution < -0.4 is 0 Å². The molecule has 1 aromatic heterocycles. The first-order chi connectivity index (χ1) is 7.75. The highest BCUT2D eigenvalue weighted by Gasteiger charge is 2.22. The summed E-state index contributed by atoms with van der Waals surface area (Å²) < 4.78 is 1.96. The average molecular weight is 223 g/mol. The van der Waals surface area contributed by atoms with Crippen molar-refractivity contribution in [1.29, 1.82) is 0 Å². The molecule has 2 atom stereocenters. The van der Waals surface area contributed by atoms with Crippen molar-refractivity contribution in [3.05, 3.63) is 18.5 Å². The van der Waals surface area contributed by atoms with Gasteiger partial charge in [-0.3, -0.25) is 4.68 Å². The van der Waals surface area contributed by atoms with E-state index in [2.05, 4.69) is 10.00 Å². The SMILES string of the molecule is CC(O)C1CCCN(CCn2cccn2)C1. The van der Waals surface area contributed by atoms with Gasteiger partial charge in [0.05, 0.1) is 12.6 Å². The van der Waals surface area contributed by atoms with Crippen molar-refractivity contribution >= 4 is 0 Å². The quantitative estimate of drug-likeness (QED) is 0.827. The Balaban J connectivity index is 1.77. The van der Waals surface area contributed by atoms with Crippen molar-refractivity contribution in [2.24, 2.45) is 5.92 Å². The molecule has 1 saturated heterocycles. The van der Waals surface area contributed by atoms with E-state index >= 15 is 0 Å². The maximum Gasteiger partial charge on any atom is 0.0552 e. The Kier molecular flexibility index (Phi) is 3.96. The maximum atomic E-state index is 9.60. The van der Waals surface area contributed by atoms with Crippen LogP contribution in [0.5, 0.6) is 0 Å². The minimum Gasteiger partial charge on any atom is -0.393 e. The monoisotopic (exact) mass is 223 g/mol. The third-order valence-electron chi connectivity index (χ3n) is 3.43. The lowest BCUT2D eigenvalue weighted by Gasteiger charge is -2.34. The van der Waals surface area contributed by atoms with Crippen LogP contribution in [-0.2, 0) is 6.54 Å². The molecular formula is C12H21N3O. The van der Waals surface area contributed by atoms with Crippen LogP contribution in [0.15, 0.2) is 18.5 Å². The second-order valence-electron chi connectivity index (χ2n) is 4.71. The van der Waals surface area contributed by atoms with Crippen LogP contribution in [0.1, 0.15) is 19.8 Å². The van der Waals surface area contributed by atoms with E-state index in [1.165, 1.54) is 6.42 Å². The Morgan fingerprint density at radius 1 is 1.50 bits per heavy atom. The summed E-state index contributed by atoms with van der Waals surface area (Å²) in [5.74, 6) is 0.450. The molecular weight excluding hydrogens is 202 g/mol. The molecule has 2 unspecified atom stereocenters. The third kappa shape index (κ3) is 3.06. The summed E-state index contributed by atoms with van der Waals surface area (Å²) in [6.45, 7) is 6.07. The maximum absolute atomic E-state index is 9.60. The van der Waals surface area contributed by atoms with Gasteiger partial charge in [-0.1, -0.05) is 0 Å². The summed E-state index contributed by atoms with van der Waals surface area (Å²) >= 11 is 0. The Hall–Kier alpha value is -0.870. The number of nitrogens with zero attached hydrogens (tertiary/aromatic N) is 3. The molecule has 1 fully saturated rings. The summed E-state index contributed by atoms with van der Waals surface area (Å²) in [4.78, 5) is 2.43. The van der Waals surface area contributed by atoms with Crippen molar-refractivity contribution < 1.29 is 5.11 Å². The van der Waals surface area contributed by atoms with E-state index in [1.54, 1.807) is 0 Å². The van der Waals surface area contributed by atoms with Crippen LogP contribution in [-0.4, -0.2) is 45.5 Å². The van der Waals surface area contributed by atoms with Gasteiger partial charge in [0.15, 0.2) is 0 Å². The summed E-state index contributed by atoms with van der Waals surface area (Å²) in [7, 11) is 0. The first-order valence-corrected chi connectivity index (χ1v) is 6.13. The number of rotatable bonds is 4. The van der Waals surface area contributed by atoms with Crippen molar-refractivity contribution in [2.75, 3.05) is 19.6 Å². The highest BCUT2D eigenvalue weighted by atomic mass is 16.3. The molecule has 1 aliphatic rings. The van der Waals surface area contributed by atoms with Crippen LogP contribution in [0, 0.1) is 5.92 Å². The molecule has 16 heavy (non-hydrogen) atoms. The standard InChI is InChI=1S/C12H21N3O/c1-11(16)12-4-2-6-14(10-12)8-9-15-7-3-5-13-15/h3,5,7,11-12,16H,2,4,6,8-10H2,1H3. The first-order valence-electron chi connectivity index (χ1n) is 6.13. The summed E-state index contributed by atoms with van der Waals surface area (Å²) in [5.41, 5.74) is 0. The Bertz CT molecular complexity index is 297. The highest BCUT2D eigenvalue weighted by molar-refractivity contribution is 4.79. The lowest BCUT2D eigenvalue weighted by atomic mass is 9.93. The fourth-order valence-corrected chi connectivity index (χ4v) is 2.36. The topological polar surface area (TPSA) is 41.3 Å². The van der Waals surface area contributed by atoms with Gasteiger partial charge in [0.1, 0.15) is 0 Å². The minimum absolute atomic E-state index is 0.174. The number of likely N-dealkylation sites (tertiary alicyclic amines) is 1. The van der Waals surface area contributed by atoms with E-state index in [9.17, 15) is 5.11 Å². The minimum atomic E-state index is -0.174. The first kappa shape index (κ1) is 11.6. The second kappa shape index (κ2) is 5.46. The zero-order chi connectivity index (χ0) is 11.4. The summed E-state index contributed by atoms with van der Waals surface area (Å²) in [6, 6.07) is 1.95. The average Bonchev–Trinajstić information content (AvgIpc) is 2.79. The summed E-state index contributed by atoms with van der Waals surface area (Å²) in [6.07, 6.45) is 6.00. The van der Waals surface area contributed by atoms with Gasteiger partial charge in [-0.15, -0.1) is 0 Å². The van der Waals surface area contributed by atoms with Gasteiger partial charge in [-0.25, -0.2) is 0 Å². The molecule has 0 aromatic carbocycles. The van der Waals surface area contributed by atoms with Crippen LogP contribution in [0.4, 0.5) is 0 Å². The van der Waals surface area contributed by atoms with E-state index in [-0.39, 0.29) is 6.10 Å². The van der Waals surface area contributed by atoms with Crippen molar-refractivity contribution in [2.45, 2.75) is 32.4 Å². The Morgan fingerprint density at radius 3 is 3.06 bits per heavy atom. The zero-order valence-electron chi connectivity index (χ0n) is 9.92. The lowest BCUT2D eigenvalue weighted by molar-refractivity contribution is 0.0612. The highest BCUT2D eigenvalue weighted by Crippen LogP contribution is 2.19. The van der Waals surface area contributed by atoms with Gasteiger partial charge in [0.25, 0.3) is 0 Å².